The monoisotopic (exact) mass is 408 g/mol. The van der Waals surface area contributed by atoms with Gasteiger partial charge in [-0.05, 0) is 49.4 Å². The zero-order valence-electron chi connectivity index (χ0n) is 13.9. The van der Waals surface area contributed by atoms with E-state index in [0.29, 0.717) is 9.92 Å². The third-order valence-corrected chi connectivity index (χ3v) is 4.98. The molecule has 0 radical (unpaired) electrons. The van der Waals surface area contributed by atoms with Crippen molar-refractivity contribution in [2.24, 2.45) is 5.73 Å². The van der Waals surface area contributed by atoms with E-state index in [1.807, 2.05) is 0 Å². The lowest BCUT2D eigenvalue weighted by Crippen LogP contribution is -2.17. The van der Waals surface area contributed by atoms with Gasteiger partial charge in [-0.15, -0.1) is 0 Å². The summed E-state index contributed by atoms with van der Waals surface area (Å²) in [5.41, 5.74) is 4.35. The van der Waals surface area contributed by atoms with Gasteiger partial charge in [-0.25, -0.2) is 18.2 Å². The Bertz CT molecular complexity index is 1040. The smallest absolute Gasteiger partial charge is 0.251 e. The number of aryl methyl sites for hydroxylation is 1. The van der Waals surface area contributed by atoms with Crippen LogP contribution in [0.2, 0.25) is 5.02 Å². The van der Waals surface area contributed by atoms with E-state index in [1.165, 1.54) is 6.92 Å². The normalized spacial score (nSPS) is 10.9. The number of nitrogens with two attached hydrogens (primary N) is 1. The van der Waals surface area contributed by atoms with E-state index in [2.05, 4.69) is 4.98 Å². The summed E-state index contributed by atoms with van der Waals surface area (Å²) in [7, 11) is 0. The van der Waals surface area contributed by atoms with Crippen LogP contribution in [0, 0.1) is 24.4 Å². The topological polar surface area (TPSA) is 56.0 Å². The quantitative estimate of drug-likeness (QED) is 0.630. The summed E-state index contributed by atoms with van der Waals surface area (Å²) in [4.78, 5) is 16.6. The number of amides is 1. The summed E-state index contributed by atoms with van der Waals surface area (Å²) in [5.74, 6) is -3.60. The van der Waals surface area contributed by atoms with Crippen molar-refractivity contribution in [2.45, 2.75) is 16.8 Å². The molecule has 8 heteroatoms. The lowest BCUT2D eigenvalue weighted by Gasteiger charge is -2.15. The van der Waals surface area contributed by atoms with Gasteiger partial charge in [-0.2, -0.15) is 0 Å². The highest BCUT2D eigenvalue weighted by atomic mass is 35.5. The number of pyridine rings is 1. The van der Waals surface area contributed by atoms with Gasteiger partial charge in [0.2, 0.25) is 0 Å². The second-order valence-electron chi connectivity index (χ2n) is 5.61. The van der Waals surface area contributed by atoms with Crippen molar-refractivity contribution in [1.82, 2.24) is 4.98 Å². The first-order valence-corrected chi connectivity index (χ1v) is 8.86. The van der Waals surface area contributed by atoms with Crippen LogP contribution in [0.3, 0.4) is 0 Å². The molecule has 0 atom stereocenters. The molecule has 0 spiro atoms. The molecule has 0 aliphatic heterocycles. The Balaban J connectivity index is 2.23. The Labute approximate surface area is 162 Å². The summed E-state index contributed by atoms with van der Waals surface area (Å²) in [6.07, 6.45) is 0. The van der Waals surface area contributed by atoms with E-state index in [9.17, 15) is 13.6 Å². The molecule has 3 nitrogen and oxygen atoms in total. The molecule has 0 aliphatic carbocycles. The van der Waals surface area contributed by atoms with Gasteiger partial charge < -0.3 is 5.73 Å². The molecule has 2 N–H and O–H groups in total. The summed E-state index contributed by atoms with van der Waals surface area (Å²) in [5, 5.41) is 0.411. The number of rotatable bonds is 4. The van der Waals surface area contributed by atoms with Crippen LogP contribution in [0.4, 0.5) is 13.2 Å². The van der Waals surface area contributed by atoms with E-state index >= 15 is 4.39 Å². The summed E-state index contributed by atoms with van der Waals surface area (Å²) >= 11 is 6.80. The van der Waals surface area contributed by atoms with Crippen LogP contribution < -0.4 is 5.73 Å². The molecule has 0 bridgehead atoms. The molecule has 3 aromatic rings. The average Bonchev–Trinajstić information content (AvgIpc) is 2.61. The maximum absolute atomic E-state index is 15.2. The summed E-state index contributed by atoms with van der Waals surface area (Å²) in [6.45, 7) is 1.45. The highest BCUT2D eigenvalue weighted by Crippen LogP contribution is 2.37. The molecule has 0 saturated carbocycles. The highest BCUT2D eigenvalue weighted by molar-refractivity contribution is 7.99. The van der Waals surface area contributed by atoms with Gasteiger partial charge in [-0.1, -0.05) is 23.4 Å². The third kappa shape index (κ3) is 3.94. The largest absolute Gasteiger partial charge is 0.366 e. The Hall–Kier alpha value is -2.51. The van der Waals surface area contributed by atoms with Crippen LogP contribution in [0.5, 0.6) is 0 Å². The summed E-state index contributed by atoms with van der Waals surface area (Å²) in [6, 6.07) is 9.14. The molecule has 2 aromatic carbocycles. The van der Waals surface area contributed by atoms with Gasteiger partial charge >= 0.3 is 0 Å². The number of carbonyl (C=O) groups excluding carboxylic acids is 1. The molecule has 0 fully saturated rings. The number of halogens is 4. The lowest BCUT2D eigenvalue weighted by atomic mass is 9.97. The Morgan fingerprint density at radius 2 is 1.78 bits per heavy atom. The first-order valence-electron chi connectivity index (χ1n) is 7.66. The molecular weight excluding hydrogens is 397 g/mol. The van der Waals surface area contributed by atoms with E-state index in [4.69, 9.17) is 17.3 Å². The second kappa shape index (κ2) is 7.62. The number of hydrogen-bond donors (Lipinski definition) is 1. The SMILES string of the molecule is Cc1nc(Sc2ccc(Cl)cc2)c(F)c(-c2cc(F)ccc2F)c1C(N)=O. The van der Waals surface area contributed by atoms with Crippen LogP contribution in [-0.2, 0) is 0 Å². The van der Waals surface area contributed by atoms with Gasteiger partial charge in [0, 0.05) is 21.0 Å². The first-order chi connectivity index (χ1) is 12.8. The van der Waals surface area contributed by atoms with E-state index in [0.717, 1.165) is 30.0 Å². The van der Waals surface area contributed by atoms with Gasteiger partial charge in [0.25, 0.3) is 5.91 Å². The highest BCUT2D eigenvalue weighted by Gasteiger charge is 2.25. The Morgan fingerprint density at radius 1 is 1.11 bits per heavy atom. The number of nitrogens with zero attached hydrogens (tertiary/aromatic N) is 1. The molecular formula is C19H12ClF3N2OS. The van der Waals surface area contributed by atoms with Gasteiger partial charge in [0.05, 0.1) is 11.3 Å². The van der Waals surface area contributed by atoms with Gasteiger partial charge in [-0.3, -0.25) is 4.79 Å². The predicted molar refractivity (Wildman–Crippen MR) is 98.4 cm³/mol. The fourth-order valence-corrected chi connectivity index (χ4v) is 3.58. The van der Waals surface area contributed by atoms with Crippen molar-refractivity contribution in [3.8, 4) is 11.1 Å². The van der Waals surface area contributed by atoms with E-state index < -0.39 is 34.5 Å². The number of hydrogen-bond acceptors (Lipinski definition) is 3. The van der Waals surface area contributed by atoms with E-state index in [-0.39, 0.29) is 16.3 Å². The molecule has 3 rings (SSSR count). The van der Waals surface area contributed by atoms with Crippen molar-refractivity contribution >= 4 is 29.3 Å². The van der Waals surface area contributed by atoms with Crippen molar-refractivity contribution in [3.63, 3.8) is 0 Å². The van der Waals surface area contributed by atoms with Gasteiger partial charge in [0.15, 0.2) is 5.82 Å². The first kappa shape index (κ1) is 19.3. The number of aromatic nitrogens is 1. The molecule has 27 heavy (non-hydrogen) atoms. The van der Waals surface area contributed by atoms with E-state index in [1.54, 1.807) is 24.3 Å². The minimum Gasteiger partial charge on any atom is -0.366 e. The number of primary amides is 1. The molecule has 0 aliphatic rings. The molecule has 138 valence electrons. The Kier molecular flexibility index (Phi) is 5.43. The molecule has 0 unspecified atom stereocenters. The predicted octanol–water partition coefficient (Wildman–Crippen LogP) is 5.38. The van der Waals surface area contributed by atoms with Crippen LogP contribution in [0.15, 0.2) is 52.4 Å². The molecule has 1 aromatic heterocycles. The van der Waals surface area contributed by atoms with Crippen LogP contribution in [0.1, 0.15) is 16.1 Å². The molecule has 0 saturated heterocycles. The fourth-order valence-electron chi connectivity index (χ4n) is 2.58. The third-order valence-electron chi connectivity index (χ3n) is 3.76. The fraction of sp³-hybridized carbons (Fsp3) is 0.0526. The lowest BCUT2D eigenvalue weighted by molar-refractivity contribution is 0.0999. The number of carbonyl (C=O) groups is 1. The van der Waals surface area contributed by atoms with Crippen molar-refractivity contribution in [2.75, 3.05) is 0 Å². The second-order valence-corrected chi connectivity index (χ2v) is 7.11. The average molecular weight is 409 g/mol. The van der Waals surface area contributed by atoms with Crippen LogP contribution >= 0.6 is 23.4 Å². The minimum atomic E-state index is -0.986. The van der Waals surface area contributed by atoms with Crippen molar-refractivity contribution in [1.29, 1.82) is 0 Å². The van der Waals surface area contributed by atoms with Gasteiger partial charge in [0.1, 0.15) is 16.7 Å². The zero-order chi connectivity index (χ0) is 19.7. The standard InChI is InChI=1S/C19H12ClF3N2OS/c1-9-15(18(24)26)16(13-8-11(21)4-7-14(13)22)17(23)19(25-9)27-12-5-2-10(20)3-6-12/h2-8H,1H3,(H2,24,26). The minimum absolute atomic E-state index is 0.0986. The van der Waals surface area contributed by atoms with Crippen LogP contribution in [0.25, 0.3) is 11.1 Å². The maximum atomic E-state index is 15.2. The molecule has 1 heterocycles. The van der Waals surface area contributed by atoms with Crippen molar-refractivity contribution < 1.29 is 18.0 Å². The summed E-state index contributed by atoms with van der Waals surface area (Å²) < 4.78 is 43.2. The molecule has 1 amide bonds. The van der Waals surface area contributed by atoms with Crippen LogP contribution in [-0.4, -0.2) is 10.9 Å². The number of benzene rings is 2. The van der Waals surface area contributed by atoms with Crippen molar-refractivity contribution in [3.05, 3.63) is 76.2 Å². The Morgan fingerprint density at radius 3 is 2.41 bits per heavy atom. The zero-order valence-corrected chi connectivity index (χ0v) is 15.5. The maximum Gasteiger partial charge on any atom is 0.251 e.